The number of nitrogen functional groups attached to an aromatic ring is 1. The van der Waals surface area contributed by atoms with Gasteiger partial charge in [0.05, 0.1) is 28.3 Å². The Balaban J connectivity index is 1.68. The molecule has 3 N–H and O–H groups in total. The van der Waals surface area contributed by atoms with Crippen LogP contribution in [-0.4, -0.2) is 22.4 Å². The number of non-ortho nitro benzene ring substituents is 1. The molecular formula is C22H18N4O4. The molecule has 1 aromatic heterocycles. The minimum absolute atomic E-state index is 0.145. The van der Waals surface area contributed by atoms with Crippen molar-refractivity contribution < 1.29 is 14.5 Å². The lowest BCUT2D eigenvalue weighted by Gasteiger charge is -2.11. The number of ether oxygens (including phenoxy) is 1. The Morgan fingerprint density at radius 2 is 1.93 bits per heavy atom. The molecule has 0 aliphatic rings. The van der Waals surface area contributed by atoms with E-state index in [1.165, 1.54) is 24.3 Å². The number of hydrogen-bond acceptors (Lipinski definition) is 6. The average Bonchev–Trinajstić information content (AvgIpc) is 2.74. The SMILES string of the molecule is CCOc1ccc2nc3cc(NC(=O)c4cccc([N+](=O)[O-])c4)ccc3c(N)c2c1. The molecule has 0 saturated carbocycles. The summed E-state index contributed by atoms with van der Waals surface area (Å²) in [6, 6.07) is 16.3. The van der Waals surface area contributed by atoms with E-state index >= 15 is 0 Å². The molecule has 3 aromatic carbocycles. The van der Waals surface area contributed by atoms with Gasteiger partial charge in [-0.25, -0.2) is 4.98 Å². The van der Waals surface area contributed by atoms with Crippen LogP contribution in [0, 0.1) is 10.1 Å². The third-order valence-electron chi connectivity index (χ3n) is 4.68. The maximum Gasteiger partial charge on any atom is 0.270 e. The molecule has 0 fully saturated rings. The van der Waals surface area contributed by atoms with Gasteiger partial charge in [0.15, 0.2) is 0 Å². The van der Waals surface area contributed by atoms with E-state index in [0.717, 1.165) is 16.5 Å². The molecule has 1 heterocycles. The maximum atomic E-state index is 12.5. The zero-order chi connectivity index (χ0) is 21.3. The van der Waals surface area contributed by atoms with Crippen LogP contribution < -0.4 is 15.8 Å². The number of nitrogens with one attached hydrogen (secondary N) is 1. The topological polar surface area (TPSA) is 120 Å². The lowest BCUT2D eigenvalue weighted by molar-refractivity contribution is -0.384. The summed E-state index contributed by atoms with van der Waals surface area (Å²) in [4.78, 5) is 27.5. The van der Waals surface area contributed by atoms with Crippen LogP contribution in [0.25, 0.3) is 21.8 Å². The zero-order valence-corrected chi connectivity index (χ0v) is 16.1. The largest absolute Gasteiger partial charge is 0.494 e. The van der Waals surface area contributed by atoms with Gasteiger partial charge >= 0.3 is 0 Å². The van der Waals surface area contributed by atoms with Crippen molar-refractivity contribution in [3.63, 3.8) is 0 Å². The van der Waals surface area contributed by atoms with Gasteiger partial charge in [0.2, 0.25) is 0 Å². The van der Waals surface area contributed by atoms with Crippen LogP contribution in [0.15, 0.2) is 60.7 Å². The monoisotopic (exact) mass is 402 g/mol. The predicted molar refractivity (Wildman–Crippen MR) is 116 cm³/mol. The number of carbonyl (C=O) groups excluding carboxylic acids is 1. The molecule has 0 saturated heterocycles. The van der Waals surface area contributed by atoms with Crippen molar-refractivity contribution in [1.29, 1.82) is 0 Å². The number of pyridine rings is 1. The van der Waals surface area contributed by atoms with Crippen LogP contribution >= 0.6 is 0 Å². The molecule has 150 valence electrons. The van der Waals surface area contributed by atoms with Gasteiger partial charge in [-0.15, -0.1) is 0 Å². The quantitative estimate of drug-likeness (QED) is 0.287. The molecule has 0 spiro atoms. The molecule has 0 atom stereocenters. The summed E-state index contributed by atoms with van der Waals surface area (Å²) in [5.41, 5.74) is 8.84. The highest BCUT2D eigenvalue weighted by Gasteiger charge is 2.13. The van der Waals surface area contributed by atoms with Gasteiger partial charge in [0.1, 0.15) is 5.75 Å². The van der Waals surface area contributed by atoms with Crippen LogP contribution in [0.5, 0.6) is 5.75 Å². The van der Waals surface area contributed by atoms with Crippen LogP contribution in [0.2, 0.25) is 0 Å². The van der Waals surface area contributed by atoms with E-state index in [1.807, 2.05) is 25.1 Å². The summed E-state index contributed by atoms with van der Waals surface area (Å²) in [7, 11) is 0. The first-order valence-electron chi connectivity index (χ1n) is 9.28. The van der Waals surface area contributed by atoms with E-state index in [9.17, 15) is 14.9 Å². The Morgan fingerprint density at radius 1 is 1.10 bits per heavy atom. The van der Waals surface area contributed by atoms with Gasteiger partial charge in [-0.3, -0.25) is 14.9 Å². The average molecular weight is 402 g/mol. The molecule has 4 rings (SSSR count). The number of nitrogens with zero attached hydrogens (tertiary/aromatic N) is 2. The number of carbonyl (C=O) groups is 1. The third-order valence-corrected chi connectivity index (χ3v) is 4.68. The molecule has 0 aliphatic heterocycles. The fourth-order valence-corrected chi connectivity index (χ4v) is 3.25. The number of nitro benzene ring substituents is 1. The van der Waals surface area contributed by atoms with Gasteiger partial charge in [-0.2, -0.15) is 0 Å². The van der Waals surface area contributed by atoms with E-state index in [4.69, 9.17) is 10.5 Å². The van der Waals surface area contributed by atoms with E-state index in [1.54, 1.807) is 18.2 Å². The summed E-state index contributed by atoms with van der Waals surface area (Å²) in [5.74, 6) is 0.270. The van der Waals surface area contributed by atoms with Gasteiger partial charge in [0.25, 0.3) is 11.6 Å². The van der Waals surface area contributed by atoms with Crippen molar-refractivity contribution >= 4 is 44.8 Å². The van der Waals surface area contributed by atoms with E-state index < -0.39 is 10.8 Å². The Bertz CT molecular complexity index is 1300. The van der Waals surface area contributed by atoms with Gasteiger partial charge in [-0.05, 0) is 49.4 Å². The van der Waals surface area contributed by atoms with Crippen molar-refractivity contribution in [3.05, 3.63) is 76.3 Å². The third kappa shape index (κ3) is 3.58. The highest BCUT2D eigenvalue weighted by molar-refractivity contribution is 6.09. The number of benzene rings is 3. The second-order valence-electron chi connectivity index (χ2n) is 6.63. The zero-order valence-electron chi connectivity index (χ0n) is 16.1. The Labute approximate surface area is 171 Å². The van der Waals surface area contributed by atoms with Crippen molar-refractivity contribution in [3.8, 4) is 5.75 Å². The highest BCUT2D eigenvalue weighted by atomic mass is 16.6. The maximum absolute atomic E-state index is 12.5. The van der Waals surface area contributed by atoms with Crippen LogP contribution in [0.3, 0.4) is 0 Å². The number of nitro groups is 1. The number of hydrogen-bond donors (Lipinski definition) is 2. The predicted octanol–water partition coefficient (Wildman–Crippen LogP) is 4.53. The molecule has 0 bridgehead atoms. The van der Waals surface area contributed by atoms with Crippen LogP contribution in [0.1, 0.15) is 17.3 Å². The number of aromatic nitrogens is 1. The van der Waals surface area contributed by atoms with Crippen molar-refractivity contribution in [2.45, 2.75) is 6.92 Å². The van der Waals surface area contributed by atoms with E-state index in [0.29, 0.717) is 29.0 Å². The first kappa shape index (κ1) is 19.1. The highest BCUT2D eigenvalue weighted by Crippen LogP contribution is 2.32. The first-order chi connectivity index (χ1) is 14.5. The van der Waals surface area contributed by atoms with Crippen LogP contribution in [-0.2, 0) is 0 Å². The van der Waals surface area contributed by atoms with Crippen molar-refractivity contribution in [2.24, 2.45) is 0 Å². The molecule has 8 heteroatoms. The standard InChI is InChI=1S/C22H18N4O4/c1-2-30-16-7-9-19-18(12-16)21(23)17-8-6-14(11-20(17)25-19)24-22(27)13-4-3-5-15(10-13)26(28)29/h3-12H,2H2,1H3,(H2,23,25)(H,24,27). The van der Waals surface area contributed by atoms with Gasteiger partial charge in [0, 0.05) is 34.2 Å². The molecule has 1 amide bonds. The molecule has 4 aromatic rings. The first-order valence-corrected chi connectivity index (χ1v) is 9.28. The Kier molecular flexibility index (Phi) is 4.89. The van der Waals surface area contributed by atoms with Crippen molar-refractivity contribution in [2.75, 3.05) is 17.7 Å². The lowest BCUT2D eigenvalue weighted by atomic mass is 10.1. The summed E-state index contributed by atoms with van der Waals surface area (Å²) in [6.07, 6.45) is 0. The number of nitrogens with two attached hydrogens (primary N) is 1. The second-order valence-corrected chi connectivity index (χ2v) is 6.63. The van der Waals surface area contributed by atoms with E-state index in [2.05, 4.69) is 10.3 Å². The summed E-state index contributed by atoms with van der Waals surface area (Å²) < 4.78 is 5.54. The summed E-state index contributed by atoms with van der Waals surface area (Å²) in [5, 5.41) is 15.2. The summed E-state index contributed by atoms with van der Waals surface area (Å²) in [6.45, 7) is 2.47. The molecule has 0 unspecified atom stereocenters. The minimum Gasteiger partial charge on any atom is -0.494 e. The fourth-order valence-electron chi connectivity index (χ4n) is 3.25. The van der Waals surface area contributed by atoms with E-state index in [-0.39, 0.29) is 11.3 Å². The molecule has 0 radical (unpaired) electrons. The molecule has 30 heavy (non-hydrogen) atoms. The number of fused-ring (bicyclic) bond motifs is 2. The van der Waals surface area contributed by atoms with Crippen LogP contribution in [0.4, 0.5) is 17.1 Å². The van der Waals surface area contributed by atoms with Gasteiger partial charge in [-0.1, -0.05) is 6.07 Å². The minimum atomic E-state index is -0.540. The van der Waals surface area contributed by atoms with Gasteiger partial charge < -0.3 is 15.8 Å². The number of amides is 1. The second kappa shape index (κ2) is 7.67. The number of anilines is 2. The Hall–Kier alpha value is -4.20. The summed E-state index contributed by atoms with van der Waals surface area (Å²) >= 11 is 0. The number of rotatable bonds is 5. The Morgan fingerprint density at radius 3 is 2.70 bits per heavy atom. The lowest BCUT2D eigenvalue weighted by Crippen LogP contribution is -2.12. The normalized spacial score (nSPS) is 10.8. The molecule has 0 aliphatic carbocycles. The molecular weight excluding hydrogens is 384 g/mol. The molecule has 8 nitrogen and oxygen atoms in total. The van der Waals surface area contributed by atoms with Crippen molar-refractivity contribution in [1.82, 2.24) is 4.98 Å². The smallest absolute Gasteiger partial charge is 0.270 e. The fraction of sp³-hybridized carbons (Fsp3) is 0.0909.